The van der Waals surface area contributed by atoms with Crippen LogP contribution in [-0.4, -0.2) is 23.1 Å². The predicted octanol–water partition coefficient (Wildman–Crippen LogP) is 2.35. The molecule has 3 aromatic rings. The van der Waals surface area contributed by atoms with E-state index in [0.29, 0.717) is 0 Å². The second-order valence-corrected chi connectivity index (χ2v) is 7.43. The number of rotatable bonds is 6. The number of sulfonamides is 1. The van der Waals surface area contributed by atoms with Crippen molar-refractivity contribution in [3.63, 3.8) is 0 Å². The maximum Gasteiger partial charge on any atom is 0.293 e. The summed E-state index contributed by atoms with van der Waals surface area (Å²) in [5, 5.41) is 23.7. The van der Waals surface area contributed by atoms with Crippen molar-refractivity contribution in [3.05, 3.63) is 76.1 Å². The van der Waals surface area contributed by atoms with Gasteiger partial charge in [0.25, 0.3) is 5.69 Å². The Labute approximate surface area is 155 Å². The molecule has 27 heavy (non-hydrogen) atoms. The predicted molar refractivity (Wildman–Crippen MR) is 100 cm³/mol. The Hall–Kier alpha value is -3.24. The van der Waals surface area contributed by atoms with E-state index in [1.165, 1.54) is 12.1 Å². The van der Waals surface area contributed by atoms with Crippen molar-refractivity contribution in [1.29, 1.82) is 0 Å². The third-order valence-electron chi connectivity index (χ3n) is 3.92. The summed E-state index contributed by atoms with van der Waals surface area (Å²) in [4.78, 5) is 10.4. The topological polar surface area (TPSA) is 133 Å². The molecule has 1 aromatic heterocycles. The van der Waals surface area contributed by atoms with Crippen molar-refractivity contribution in [3.8, 4) is 5.69 Å². The molecule has 0 bridgehead atoms. The van der Waals surface area contributed by atoms with Gasteiger partial charge in [0.05, 0.1) is 21.2 Å². The van der Waals surface area contributed by atoms with Crippen molar-refractivity contribution in [2.45, 2.75) is 18.4 Å². The minimum Gasteiger partial charge on any atom is -0.375 e. The van der Waals surface area contributed by atoms with Crippen LogP contribution in [0.2, 0.25) is 0 Å². The van der Waals surface area contributed by atoms with Gasteiger partial charge in [-0.15, -0.1) is 0 Å². The Bertz CT molecular complexity index is 1110. The standard InChI is InChI=1S/C17H17N5O4S/c1-12-8-9-21(20-12)16-5-3-2-4-13(16)11-19-15-7-6-14(27(18,25)26)10-17(15)22(23)24/h2-10,19H,11H2,1H3,(H2,18,25,26). The van der Waals surface area contributed by atoms with Gasteiger partial charge < -0.3 is 5.32 Å². The third kappa shape index (κ3) is 4.13. The zero-order valence-corrected chi connectivity index (χ0v) is 15.2. The molecule has 0 saturated carbocycles. The van der Waals surface area contributed by atoms with Crippen LogP contribution >= 0.6 is 0 Å². The fourth-order valence-electron chi connectivity index (χ4n) is 2.61. The lowest BCUT2D eigenvalue weighted by Gasteiger charge is -2.12. The van der Waals surface area contributed by atoms with E-state index < -0.39 is 14.9 Å². The van der Waals surface area contributed by atoms with Gasteiger partial charge in [-0.2, -0.15) is 5.10 Å². The summed E-state index contributed by atoms with van der Waals surface area (Å²) < 4.78 is 24.6. The molecule has 0 saturated heterocycles. The number of aromatic nitrogens is 2. The summed E-state index contributed by atoms with van der Waals surface area (Å²) in [6.07, 6.45) is 1.83. The van der Waals surface area contributed by atoms with Crippen LogP contribution in [0.4, 0.5) is 11.4 Å². The van der Waals surface area contributed by atoms with Crippen LogP contribution in [0, 0.1) is 17.0 Å². The zero-order valence-electron chi connectivity index (χ0n) is 14.4. The maximum absolute atomic E-state index is 11.4. The smallest absolute Gasteiger partial charge is 0.293 e. The highest BCUT2D eigenvalue weighted by Gasteiger charge is 2.19. The molecule has 0 aliphatic rings. The third-order valence-corrected chi connectivity index (χ3v) is 4.84. The summed E-state index contributed by atoms with van der Waals surface area (Å²) in [6.45, 7) is 2.17. The zero-order chi connectivity index (χ0) is 19.6. The van der Waals surface area contributed by atoms with Crippen molar-refractivity contribution < 1.29 is 13.3 Å². The molecule has 2 aromatic carbocycles. The highest BCUT2D eigenvalue weighted by molar-refractivity contribution is 7.89. The van der Waals surface area contributed by atoms with Crippen molar-refractivity contribution in [2.75, 3.05) is 5.32 Å². The lowest BCUT2D eigenvalue weighted by molar-refractivity contribution is -0.384. The van der Waals surface area contributed by atoms with Crippen LogP contribution in [0.15, 0.2) is 59.6 Å². The van der Waals surface area contributed by atoms with Crippen molar-refractivity contribution in [1.82, 2.24) is 9.78 Å². The molecule has 3 rings (SSSR count). The Morgan fingerprint density at radius 1 is 1.22 bits per heavy atom. The van der Waals surface area contributed by atoms with Gasteiger partial charge >= 0.3 is 0 Å². The Kier molecular flexibility index (Phi) is 4.93. The maximum atomic E-state index is 11.4. The number of aryl methyl sites for hydroxylation is 1. The second kappa shape index (κ2) is 7.17. The lowest BCUT2D eigenvalue weighted by atomic mass is 10.1. The molecule has 0 unspecified atom stereocenters. The molecule has 140 valence electrons. The normalized spacial score (nSPS) is 11.3. The number of benzene rings is 2. The first-order valence-electron chi connectivity index (χ1n) is 7.91. The van der Waals surface area contributed by atoms with E-state index in [9.17, 15) is 18.5 Å². The molecule has 9 nitrogen and oxygen atoms in total. The van der Waals surface area contributed by atoms with Gasteiger partial charge in [-0.05, 0) is 36.8 Å². The SMILES string of the molecule is Cc1ccn(-c2ccccc2CNc2ccc(S(N)(=O)=O)cc2[N+](=O)[O-])n1. The number of nitro groups is 1. The molecule has 1 heterocycles. The summed E-state index contributed by atoms with van der Waals surface area (Å²) in [7, 11) is -4.03. The molecule has 10 heteroatoms. The fourth-order valence-corrected chi connectivity index (χ4v) is 3.15. The van der Waals surface area contributed by atoms with Crippen LogP contribution in [0.5, 0.6) is 0 Å². The van der Waals surface area contributed by atoms with E-state index in [4.69, 9.17) is 5.14 Å². The van der Waals surface area contributed by atoms with Crippen LogP contribution in [-0.2, 0) is 16.6 Å². The number of hydrogen-bond acceptors (Lipinski definition) is 6. The first-order valence-corrected chi connectivity index (χ1v) is 9.46. The number of hydrogen-bond donors (Lipinski definition) is 2. The minimum absolute atomic E-state index is 0.193. The number of nitrogens with zero attached hydrogens (tertiary/aromatic N) is 3. The monoisotopic (exact) mass is 387 g/mol. The summed E-state index contributed by atoms with van der Waals surface area (Å²) in [6, 6.07) is 12.9. The number of nitro benzene ring substituents is 1. The van der Waals surface area contributed by atoms with Crippen LogP contribution in [0.1, 0.15) is 11.3 Å². The molecule has 0 fully saturated rings. The summed E-state index contributed by atoms with van der Waals surface area (Å²) >= 11 is 0. The Balaban J connectivity index is 1.91. The molecule has 3 N–H and O–H groups in total. The van der Waals surface area contributed by atoms with Crippen LogP contribution < -0.4 is 10.5 Å². The molecule has 0 amide bonds. The van der Waals surface area contributed by atoms with Gasteiger partial charge in [0.1, 0.15) is 5.69 Å². The van der Waals surface area contributed by atoms with Crippen molar-refractivity contribution >= 4 is 21.4 Å². The van der Waals surface area contributed by atoms with Crippen LogP contribution in [0.3, 0.4) is 0 Å². The largest absolute Gasteiger partial charge is 0.375 e. The van der Waals surface area contributed by atoms with E-state index in [1.54, 1.807) is 4.68 Å². The van der Waals surface area contributed by atoms with Gasteiger partial charge in [-0.3, -0.25) is 10.1 Å². The molecule has 0 aliphatic carbocycles. The Morgan fingerprint density at radius 3 is 2.59 bits per heavy atom. The van der Waals surface area contributed by atoms with Gasteiger partial charge in [0, 0.05) is 18.8 Å². The number of anilines is 1. The molecule has 0 radical (unpaired) electrons. The van der Waals surface area contributed by atoms with Gasteiger partial charge in [-0.25, -0.2) is 18.2 Å². The van der Waals surface area contributed by atoms with Crippen LogP contribution in [0.25, 0.3) is 5.69 Å². The van der Waals surface area contributed by atoms with Crippen molar-refractivity contribution in [2.24, 2.45) is 5.14 Å². The van der Waals surface area contributed by atoms with Gasteiger partial charge in [0.2, 0.25) is 10.0 Å². The first kappa shape index (κ1) is 18.5. The molecular formula is C17H17N5O4S. The molecule has 0 aliphatic heterocycles. The van der Waals surface area contributed by atoms with E-state index in [2.05, 4.69) is 10.4 Å². The number of para-hydroxylation sites is 1. The van der Waals surface area contributed by atoms with E-state index in [0.717, 1.165) is 23.0 Å². The highest BCUT2D eigenvalue weighted by Crippen LogP contribution is 2.28. The second-order valence-electron chi connectivity index (χ2n) is 5.87. The molecular weight excluding hydrogens is 370 g/mol. The number of primary sulfonamides is 1. The average molecular weight is 387 g/mol. The molecule has 0 spiro atoms. The first-order chi connectivity index (χ1) is 12.8. The quantitative estimate of drug-likeness (QED) is 0.493. The van der Waals surface area contributed by atoms with E-state index >= 15 is 0 Å². The van der Waals surface area contributed by atoms with E-state index in [-0.39, 0.29) is 22.8 Å². The van der Waals surface area contributed by atoms with Gasteiger partial charge in [-0.1, -0.05) is 18.2 Å². The number of nitrogens with two attached hydrogens (primary N) is 1. The van der Waals surface area contributed by atoms with E-state index in [1.807, 2.05) is 43.5 Å². The van der Waals surface area contributed by atoms with Gasteiger partial charge in [0.15, 0.2) is 0 Å². The number of nitrogens with one attached hydrogen (secondary N) is 1. The summed E-state index contributed by atoms with van der Waals surface area (Å²) in [5.41, 5.74) is 2.40. The summed E-state index contributed by atoms with van der Waals surface area (Å²) in [5.74, 6) is 0. The lowest BCUT2D eigenvalue weighted by Crippen LogP contribution is -2.13. The fraction of sp³-hybridized carbons (Fsp3) is 0.118. The minimum atomic E-state index is -4.03. The average Bonchev–Trinajstić information content (AvgIpc) is 3.05. The Morgan fingerprint density at radius 2 is 1.96 bits per heavy atom. The highest BCUT2D eigenvalue weighted by atomic mass is 32.2. The molecule has 0 atom stereocenters.